The Balaban J connectivity index is 1.72. The Labute approximate surface area is 224 Å². The molecule has 0 amide bonds. The van der Waals surface area contributed by atoms with Crippen LogP contribution in [0.4, 0.5) is 5.69 Å². The first-order chi connectivity index (χ1) is 18.3. The Morgan fingerprint density at radius 1 is 1.18 bits per heavy atom. The number of aromatic nitrogens is 2. The van der Waals surface area contributed by atoms with E-state index in [1.165, 1.54) is 11.3 Å². The molecule has 8 heteroatoms. The van der Waals surface area contributed by atoms with Crippen LogP contribution in [-0.2, 0) is 16.1 Å². The number of esters is 1. The molecule has 0 saturated carbocycles. The molecule has 1 aliphatic heterocycles. The average Bonchev–Trinajstić information content (AvgIpc) is 3.40. The number of hydrogen-bond donors (Lipinski definition) is 0. The molecule has 0 saturated heterocycles. The van der Waals surface area contributed by atoms with Crippen molar-refractivity contribution in [2.45, 2.75) is 26.4 Å². The zero-order valence-corrected chi connectivity index (χ0v) is 22.8. The minimum absolute atomic E-state index is 0.190. The zero-order valence-electron chi connectivity index (χ0n) is 22.0. The third-order valence-corrected chi connectivity index (χ3v) is 7.66. The Morgan fingerprint density at radius 3 is 2.61 bits per heavy atom. The Hall–Kier alpha value is -4.17. The standard InChI is InChI=1S/C30H30N4O3S/c1-6-16-33-18-21(23-10-8-9-11-24(23)33)17-25-28(35)34-27(20-12-14-22(15-13-20)32(4)5)26(29(36)37-7-2)19(3)31-30(34)38-25/h6,8-15,17-18,27H,1,7,16H2,2-5H3/b25-17-. The van der Waals surface area contributed by atoms with Gasteiger partial charge >= 0.3 is 5.97 Å². The van der Waals surface area contributed by atoms with Gasteiger partial charge in [-0.1, -0.05) is 47.7 Å². The summed E-state index contributed by atoms with van der Waals surface area (Å²) in [4.78, 5) is 34.3. The Morgan fingerprint density at radius 2 is 1.92 bits per heavy atom. The van der Waals surface area contributed by atoms with Gasteiger partial charge in [0.1, 0.15) is 0 Å². The molecule has 0 radical (unpaired) electrons. The monoisotopic (exact) mass is 526 g/mol. The lowest BCUT2D eigenvalue weighted by Crippen LogP contribution is -2.39. The van der Waals surface area contributed by atoms with E-state index in [0.29, 0.717) is 27.1 Å². The summed E-state index contributed by atoms with van der Waals surface area (Å²) in [5, 5.41) is 1.06. The van der Waals surface area contributed by atoms with Crippen molar-refractivity contribution >= 4 is 40.0 Å². The van der Waals surface area contributed by atoms with E-state index in [4.69, 9.17) is 4.74 Å². The summed E-state index contributed by atoms with van der Waals surface area (Å²) in [5.74, 6) is -0.461. The van der Waals surface area contributed by atoms with Gasteiger partial charge < -0.3 is 14.2 Å². The lowest BCUT2D eigenvalue weighted by molar-refractivity contribution is -0.139. The highest BCUT2D eigenvalue weighted by molar-refractivity contribution is 7.07. The molecular formula is C30H30N4O3S. The maximum atomic E-state index is 14.0. The second kappa shape index (κ2) is 10.3. The maximum Gasteiger partial charge on any atom is 0.338 e. The molecule has 3 heterocycles. The molecule has 1 unspecified atom stereocenters. The number of carbonyl (C=O) groups is 1. The van der Waals surface area contributed by atoms with Gasteiger partial charge in [-0.15, -0.1) is 6.58 Å². The molecule has 0 bridgehead atoms. The highest BCUT2D eigenvalue weighted by atomic mass is 32.1. The minimum Gasteiger partial charge on any atom is -0.463 e. The Kier molecular flexibility index (Phi) is 6.91. The molecule has 2 aromatic carbocycles. The molecule has 194 valence electrons. The van der Waals surface area contributed by atoms with Crippen LogP contribution >= 0.6 is 11.3 Å². The summed E-state index contributed by atoms with van der Waals surface area (Å²) >= 11 is 1.33. The van der Waals surface area contributed by atoms with Crippen LogP contribution in [0.15, 0.2) is 88.4 Å². The molecule has 38 heavy (non-hydrogen) atoms. The highest BCUT2D eigenvalue weighted by Crippen LogP contribution is 2.31. The lowest BCUT2D eigenvalue weighted by Gasteiger charge is -2.25. The number of anilines is 1. The van der Waals surface area contributed by atoms with Crippen molar-refractivity contribution in [1.29, 1.82) is 0 Å². The molecule has 0 aliphatic carbocycles. The van der Waals surface area contributed by atoms with Crippen LogP contribution in [0.1, 0.15) is 31.0 Å². The average molecular weight is 527 g/mol. The summed E-state index contributed by atoms with van der Waals surface area (Å²) in [5.41, 5.74) is 4.61. The van der Waals surface area contributed by atoms with Gasteiger partial charge in [-0.2, -0.15) is 0 Å². The fourth-order valence-corrected chi connectivity index (χ4v) is 5.92. The number of allylic oxidation sites excluding steroid dienone is 2. The minimum atomic E-state index is -0.634. The van der Waals surface area contributed by atoms with Gasteiger partial charge in [0.15, 0.2) is 4.80 Å². The fraction of sp³-hybridized carbons (Fsp3) is 0.233. The molecule has 5 rings (SSSR count). The van der Waals surface area contributed by atoms with Crippen LogP contribution < -0.4 is 19.8 Å². The highest BCUT2D eigenvalue weighted by Gasteiger charge is 2.33. The third kappa shape index (κ3) is 4.41. The molecule has 0 spiro atoms. The van der Waals surface area contributed by atoms with Crippen LogP contribution in [0.25, 0.3) is 17.0 Å². The summed E-state index contributed by atoms with van der Waals surface area (Å²) in [6.07, 6.45) is 5.81. The Bertz CT molecular complexity index is 1750. The van der Waals surface area contributed by atoms with Crippen molar-refractivity contribution in [3.05, 3.63) is 109 Å². The first-order valence-electron chi connectivity index (χ1n) is 12.5. The van der Waals surface area contributed by atoms with E-state index in [2.05, 4.69) is 28.3 Å². The fourth-order valence-electron chi connectivity index (χ4n) is 4.88. The van der Waals surface area contributed by atoms with Crippen molar-refractivity contribution in [3.8, 4) is 0 Å². The molecule has 0 fully saturated rings. The molecule has 1 atom stereocenters. The topological polar surface area (TPSA) is 68.8 Å². The number of para-hydroxylation sites is 1. The number of nitrogens with zero attached hydrogens (tertiary/aromatic N) is 4. The van der Waals surface area contributed by atoms with E-state index in [9.17, 15) is 9.59 Å². The first-order valence-corrected chi connectivity index (χ1v) is 13.3. The molecule has 7 nitrogen and oxygen atoms in total. The van der Waals surface area contributed by atoms with Gasteiger partial charge in [-0.25, -0.2) is 9.79 Å². The smallest absolute Gasteiger partial charge is 0.338 e. The van der Waals surface area contributed by atoms with Gasteiger partial charge in [0, 0.05) is 49.0 Å². The van der Waals surface area contributed by atoms with Gasteiger partial charge in [-0.3, -0.25) is 9.36 Å². The summed E-state index contributed by atoms with van der Waals surface area (Å²) in [7, 11) is 3.94. The maximum absolute atomic E-state index is 14.0. The van der Waals surface area contributed by atoms with E-state index in [0.717, 1.165) is 27.7 Å². The molecule has 2 aromatic heterocycles. The number of carbonyl (C=O) groups excluding carboxylic acids is 1. The molecule has 0 N–H and O–H groups in total. The number of fused-ring (bicyclic) bond motifs is 2. The van der Waals surface area contributed by atoms with E-state index in [1.54, 1.807) is 18.4 Å². The van der Waals surface area contributed by atoms with Crippen LogP contribution in [0.2, 0.25) is 0 Å². The predicted octanol–water partition coefficient (Wildman–Crippen LogP) is 4.01. The van der Waals surface area contributed by atoms with Crippen molar-refractivity contribution in [1.82, 2.24) is 9.13 Å². The van der Waals surface area contributed by atoms with Crippen LogP contribution in [-0.4, -0.2) is 35.8 Å². The predicted molar refractivity (Wildman–Crippen MR) is 153 cm³/mol. The number of benzene rings is 2. The quantitative estimate of drug-likeness (QED) is 0.270. The summed E-state index contributed by atoms with van der Waals surface area (Å²) in [6.45, 7) is 8.34. The van der Waals surface area contributed by atoms with Gasteiger partial charge in [0.25, 0.3) is 5.56 Å². The zero-order chi connectivity index (χ0) is 27.0. The largest absolute Gasteiger partial charge is 0.463 e. The van der Waals surface area contributed by atoms with Crippen molar-refractivity contribution in [2.24, 2.45) is 4.99 Å². The number of thiazole rings is 1. The van der Waals surface area contributed by atoms with E-state index in [1.807, 2.05) is 73.7 Å². The van der Waals surface area contributed by atoms with Crippen molar-refractivity contribution in [3.63, 3.8) is 0 Å². The SMILES string of the molecule is C=CCn1cc(/C=c2\sc3n(c2=O)C(c2ccc(N(C)C)cc2)C(C(=O)OCC)=C(C)N=3)c2ccccc21. The summed E-state index contributed by atoms with van der Waals surface area (Å²) in [6, 6.07) is 15.4. The van der Waals surface area contributed by atoms with Gasteiger partial charge in [-0.05, 0) is 43.7 Å². The van der Waals surface area contributed by atoms with Gasteiger partial charge in [0.2, 0.25) is 0 Å². The second-order valence-electron chi connectivity index (χ2n) is 9.33. The number of ether oxygens (including phenoxy) is 1. The first kappa shape index (κ1) is 25.5. The normalized spacial score (nSPS) is 15.4. The van der Waals surface area contributed by atoms with Crippen LogP contribution in [0, 0.1) is 0 Å². The van der Waals surface area contributed by atoms with E-state index < -0.39 is 12.0 Å². The molecule has 4 aromatic rings. The lowest BCUT2D eigenvalue weighted by atomic mass is 9.95. The van der Waals surface area contributed by atoms with Gasteiger partial charge in [0.05, 0.1) is 28.5 Å². The van der Waals surface area contributed by atoms with Crippen molar-refractivity contribution in [2.75, 3.05) is 25.6 Å². The van der Waals surface area contributed by atoms with Crippen LogP contribution in [0.3, 0.4) is 0 Å². The summed E-state index contributed by atoms with van der Waals surface area (Å²) < 4.78 is 9.70. The van der Waals surface area contributed by atoms with Crippen molar-refractivity contribution < 1.29 is 9.53 Å². The number of rotatable bonds is 7. The van der Waals surface area contributed by atoms with E-state index in [-0.39, 0.29) is 12.2 Å². The van der Waals surface area contributed by atoms with E-state index >= 15 is 0 Å². The number of hydrogen-bond acceptors (Lipinski definition) is 6. The van der Waals surface area contributed by atoms with Crippen LogP contribution in [0.5, 0.6) is 0 Å². The molecular weight excluding hydrogens is 496 g/mol. The second-order valence-corrected chi connectivity index (χ2v) is 10.3. The third-order valence-electron chi connectivity index (χ3n) is 6.67. The molecule has 1 aliphatic rings.